The SMILES string of the molecule is COc1ccc(-c2ccc(C=C(C#N)C(N)=S)o2)c([N+](=O)[O-])c1. The highest BCUT2D eigenvalue weighted by molar-refractivity contribution is 7.80. The number of benzene rings is 1. The molecule has 8 heteroatoms. The van der Waals surface area contributed by atoms with E-state index in [-0.39, 0.29) is 22.0 Å². The summed E-state index contributed by atoms with van der Waals surface area (Å²) in [6.07, 6.45) is 1.38. The summed E-state index contributed by atoms with van der Waals surface area (Å²) in [6.45, 7) is 0. The lowest BCUT2D eigenvalue weighted by atomic mass is 10.1. The highest BCUT2D eigenvalue weighted by Crippen LogP contribution is 2.34. The van der Waals surface area contributed by atoms with Crippen molar-refractivity contribution in [2.45, 2.75) is 0 Å². The zero-order valence-electron chi connectivity index (χ0n) is 12.0. The monoisotopic (exact) mass is 329 g/mol. The molecule has 0 saturated carbocycles. The summed E-state index contributed by atoms with van der Waals surface area (Å²) in [5.74, 6) is 0.965. The van der Waals surface area contributed by atoms with Crippen LogP contribution in [0.5, 0.6) is 5.75 Å². The summed E-state index contributed by atoms with van der Waals surface area (Å²) in [4.78, 5) is 10.6. The van der Waals surface area contributed by atoms with Crippen molar-refractivity contribution in [1.82, 2.24) is 0 Å². The van der Waals surface area contributed by atoms with Crippen molar-refractivity contribution in [1.29, 1.82) is 5.26 Å². The summed E-state index contributed by atoms with van der Waals surface area (Å²) in [6, 6.07) is 9.42. The molecule has 1 aromatic carbocycles. The molecular weight excluding hydrogens is 318 g/mol. The van der Waals surface area contributed by atoms with Crippen LogP contribution in [0.1, 0.15) is 5.76 Å². The third-order valence-electron chi connectivity index (χ3n) is 2.97. The van der Waals surface area contributed by atoms with Crippen molar-refractivity contribution in [2.24, 2.45) is 5.73 Å². The van der Waals surface area contributed by atoms with Gasteiger partial charge in [0, 0.05) is 6.08 Å². The zero-order chi connectivity index (χ0) is 17.0. The van der Waals surface area contributed by atoms with Crippen molar-refractivity contribution in [3.05, 3.63) is 51.8 Å². The maximum atomic E-state index is 11.2. The van der Waals surface area contributed by atoms with E-state index in [4.69, 9.17) is 32.4 Å². The second kappa shape index (κ2) is 6.72. The number of hydrogen-bond acceptors (Lipinski definition) is 6. The second-order valence-electron chi connectivity index (χ2n) is 4.38. The van der Waals surface area contributed by atoms with E-state index in [1.54, 1.807) is 18.2 Å². The minimum Gasteiger partial charge on any atom is -0.497 e. The average molecular weight is 329 g/mol. The number of methoxy groups -OCH3 is 1. The smallest absolute Gasteiger partial charge is 0.284 e. The van der Waals surface area contributed by atoms with Crippen LogP contribution in [-0.4, -0.2) is 17.0 Å². The van der Waals surface area contributed by atoms with E-state index in [1.807, 2.05) is 6.07 Å². The third kappa shape index (κ3) is 3.53. The molecule has 0 bridgehead atoms. The Morgan fingerprint density at radius 1 is 1.48 bits per heavy atom. The summed E-state index contributed by atoms with van der Waals surface area (Å²) in [7, 11) is 1.42. The van der Waals surface area contributed by atoms with Gasteiger partial charge in [0.15, 0.2) is 0 Å². The highest BCUT2D eigenvalue weighted by Gasteiger charge is 2.19. The molecule has 116 valence electrons. The summed E-state index contributed by atoms with van der Waals surface area (Å²) >= 11 is 4.74. The number of nitro benzene ring substituents is 1. The van der Waals surface area contributed by atoms with Gasteiger partial charge in [-0.1, -0.05) is 12.2 Å². The van der Waals surface area contributed by atoms with Crippen LogP contribution >= 0.6 is 12.2 Å². The highest BCUT2D eigenvalue weighted by atomic mass is 32.1. The lowest BCUT2D eigenvalue weighted by Crippen LogP contribution is -2.09. The van der Waals surface area contributed by atoms with Gasteiger partial charge in [0.05, 0.1) is 29.2 Å². The van der Waals surface area contributed by atoms with Gasteiger partial charge in [-0.3, -0.25) is 10.1 Å². The molecule has 2 N–H and O–H groups in total. The quantitative estimate of drug-likeness (QED) is 0.294. The largest absolute Gasteiger partial charge is 0.497 e. The van der Waals surface area contributed by atoms with Gasteiger partial charge in [0.25, 0.3) is 5.69 Å². The molecule has 0 fully saturated rings. The van der Waals surface area contributed by atoms with Crippen LogP contribution in [0.15, 0.2) is 40.3 Å². The number of nitrogens with two attached hydrogens (primary N) is 1. The Bertz CT molecular complexity index is 849. The molecule has 0 aliphatic carbocycles. The van der Waals surface area contributed by atoms with Crippen molar-refractivity contribution in [3.63, 3.8) is 0 Å². The van der Waals surface area contributed by atoms with E-state index >= 15 is 0 Å². The number of rotatable bonds is 5. The number of nitriles is 1. The molecule has 0 saturated heterocycles. The maximum Gasteiger partial charge on any atom is 0.284 e. The average Bonchev–Trinajstić information content (AvgIpc) is 3.00. The molecular formula is C15H11N3O4S. The fourth-order valence-electron chi connectivity index (χ4n) is 1.87. The number of hydrogen-bond donors (Lipinski definition) is 1. The number of ether oxygens (including phenoxy) is 1. The van der Waals surface area contributed by atoms with E-state index in [1.165, 1.54) is 25.3 Å². The number of thiocarbonyl (C=S) groups is 1. The van der Waals surface area contributed by atoms with Crippen LogP contribution in [0.3, 0.4) is 0 Å². The summed E-state index contributed by atoms with van der Waals surface area (Å²) in [5, 5.41) is 20.1. The molecule has 0 radical (unpaired) electrons. The summed E-state index contributed by atoms with van der Waals surface area (Å²) in [5.41, 5.74) is 5.64. The van der Waals surface area contributed by atoms with Crippen LogP contribution in [0.25, 0.3) is 17.4 Å². The Kier molecular flexibility index (Phi) is 4.73. The van der Waals surface area contributed by atoms with Gasteiger partial charge in [-0.15, -0.1) is 0 Å². The summed E-state index contributed by atoms with van der Waals surface area (Å²) < 4.78 is 10.5. The van der Waals surface area contributed by atoms with E-state index in [0.717, 1.165) is 0 Å². The van der Waals surface area contributed by atoms with E-state index in [0.29, 0.717) is 17.1 Å². The molecule has 0 amide bonds. The predicted molar refractivity (Wildman–Crippen MR) is 87.7 cm³/mol. The van der Waals surface area contributed by atoms with Gasteiger partial charge in [0.2, 0.25) is 0 Å². The first-order chi connectivity index (χ1) is 11.0. The Hall–Kier alpha value is -3.18. The standard InChI is InChI=1S/C15H11N3O4S/c1-21-10-2-4-12(13(7-10)18(19)20)14-5-3-11(22-14)6-9(8-16)15(17)23/h2-7H,1H3,(H2,17,23). The van der Waals surface area contributed by atoms with Crippen LogP contribution in [0.4, 0.5) is 5.69 Å². The molecule has 0 unspecified atom stereocenters. The van der Waals surface area contributed by atoms with E-state index < -0.39 is 4.92 Å². The predicted octanol–water partition coefficient (Wildman–Crippen LogP) is 3.06. The van der Waals surface area contributed by atoms with Crippen LogP contribution in [0.2, 0.25) is 0 Å². The number of furan rings is 1. The van der Waals surface area contributed by atoms with Gasteiger partial charge in [-0.2, -0.15) is 5.26 Å². The van der Waals surface area contributed by atoms with Gasteiger partial charge < -0.3 is 14.9 Å². The lowest BCUT2D eigenvalue weighted by molar-refractivity contribution is -0.384. The van der Waals surface area contributed by atoms with Gasteiger partial charge in [0.1, 0.15) is 28.3 Å². The Balaban J connectivity index is 2.48. The fraction of sp³-hybridized carbons (Fsp3) is 0.0667. The van der Waals surface area contributed by atoms with Crippen molar-refractivity contribution in [2.75, 3.05) is 7.11 Å². The molecule has 1 aromatic heterocycles. The molecule has 7 nitrogen and oxygen atoms in total. The molecule has 0 aliphatic rings. The molecule has 23 heavy (non-hydrogen) atoms. The zero-order valence-corrected chi connectivity index (χ0v) is 12.8. The molecule has 1 heterocycles. The minimum atomic E-state index is -0.522. The molecule has 0 aliphatic heterocycles. The van der Waals surface area contributed by atoms with Crippen molar-refractivity contribution < 1.29 is 14.1 Å². The van der Waals surface area contributed by atoms with Crippen LogP contribution in [0, 0.1) is 21.4 Å². The second-order valence-corrected chi connectivity index (χ2v) is 4.82. The topological polar surface area (TPSA) is 115 Å². The Morgan fingerprint density at radius 3 is 2.78 bits per heavy atom. The van der Waals surface area contributed by atoms with E-state index in [9.17, 15) is 10.1 Å². The molecule has 2 rings (SSSR count). The molecule has 0 spiro atoms. The fourth-order valence-corrected chi connectivity index (χ4v) is 1.98. The van der Waals surface area contributed by atoms with Crippen molar-refractivity contribution >= 4 is 29.0 Å². The first-order valence-electron chi connectivity index (χ1n) is 6.30. The number of nitrogens with zero attached hydrogens (tertiary/aromatic N) is 2. The van der Waals surface area contributed by atoms with Gasteiger partial charge in [-0.25, -0.2) is 0 Å². The third-order valence-corrected chi connectivity index (χ3v) is 3.19. The van der Waals surface area contributed by atoms with Crippen LogP contribution in [-0.2, 0) is 0 Å². The van der Waals surface area contributed by atoms with E-state index in [2.05, 4.69) is 0 Å². The maximum absolute atomic E-state index is 11.2. The van der Waals surface area contributed by atoms with Gasteiger partial charge >= 0.3 is 0 Å². The first kappa shape index (κ1) is 16.2. The number of nitro groups is 1. The lowest BCUT2D eigenvalue weighted by Gasteiger charge is -2.03. The molecule has 2 aromatic rings. The minimum absolute atomic E-state index is 0.0547. The molecule has 0 atom stereocenters. The Morgan fingerprint density at radius 2 is 2.22 bits per heavy atom. The van der Waals surface area contributed by atoms with Crippen LogP contribution < -0.4 is 10.5 Å². The first-order valence-corrected chi connectivity index (χ1v) is 6.71. The van der Waals surface area contributed by atoms with Crippen molar-refractivity contribution in [3.8, 4) is 23.1 Å². The normalized spacial score (nSPS) is 10.9. The van der Waals surface area contributed by atoms with Gasteiger partial charge in [-0.05, 0) is 24.3 Å². The Labute approximate surface area is 136 Å².